The van der Waals surface area contributed by atoms with Crippen molar-refractivity contribution in [3.8, 4) is 0 Å². The van der Waals surface area contributed by atoms with E-state index in [0.717, 1.165) is 24.1 Å². The average Bonchev–Trinajstić information content (AvgIpc) is 2.46. The summed E-state index contributed by atoms with van der Waals surface area (Å²) < 4.78 is 0. The van der Waals surface area contributed by atoms with Crippen molar-refractivity contribution in [2.24, 2.45) is 5.92 Å². The molecular weight excluding hydrogens is 268 g/mol. The highest BCUT2D eigenvalue weighted by Crippen LogP contribution is 2.17. The predicted octanol–water partition coefficient (Wildman–Crippen LogP) is 3.26. The molecule has 0 saturated heterocycles. The van der Waals surface area contributed by atoms with Gasteiger partial charge in [0.1, 0.15) is 6.04 Å². The molecule has 0 aromatic heterocycles. The Hall–Kier alpha value is -2.04. The lowest BCUT2D eigenvalue weighted by atomic mass is 9.99. The van der Waals surface area contributed by atoms with Crippen molar-refractivity contribution in [3.63, 3.8) is 0 Å². The zero-order valence-corrected chi connectivity index (χ0v) is 12.8. The lowest BCUT2D eigenvalue weighted by Gasteiger charge is -2.21. The van der Waals surface area contributed by atoms with Gasteiger partial charge in [-0.1, -0.05) is 51.8 Å². The molecule has 2 atom stereocenters. The SMILES string of the molecule is CCCc1ccccc1NC(=O)N[C@H](C(=O)O)C(C)CC. The molecule has 21 heavy (non-hydrogen) atoms. The van der Waals surface area contributed by atoms with Gasteiger partial charge >= 0.3 is 12.0 Å². The molecule has 0 spiro atoms. The molecule has 5 nitrogen and oxygen atoms in total. The van der Waals surface area contributed by atoms with Crippen LogP contribution in [0.25, 0.3) is 0 Å². The number of amides is 2. The fraction of sp³-hybridized carbons (Fsp3) is 0.500. The summed E-state index contributed by atoms with van der Waals surface area (Å²) in [6.45, 7) is 5.78. The van der Waals surface area contributed by atoms with Gasteiger partial charge in [-0.15, -0.1) is 0 Å². The third-order valence-electron chi connectivity index (χ3n) is 3.55. The van der Waals surface area contributed by atoms with Crippen molar-refractivity contribution in [1.29, 1.82) is 0 Å². The van der Waals surface area contributed by atoms with E-state index in [-0.39, 0.29) is 5.92 Å². The van der Waals surface area contributed by atoms with Gasteiger partial charge in [-0.25, -0.2) is 9.59 Å². The quantitative estimate of drug-likeness (QED) is 0.721. The Kier molecular flexibility index (Phi) is 6.72. The number of benzene rings is 1. The number of carbonyl (C=O) groups is 2. The molecule has 0 radical (unpaired) electrons. The van der Waals surface area contributed by atoms with Crippen LogP contribution in [-0.2, 0) is 11.2 Å². The van der Waals surface area contributed by atoms with Crippen LogP contribution in [0.1, 0.15) is 39.2 Å². The van der Waals surface area contributed by atoms with Gasteiger partial charge in [0.15, 0.2) is 0 Å². The van der Waals surface area contributed by atoms with E-state index in [1.54, 1.807) is 0 Å². The average molecular weight is 292 g/mol. The monoisotopic (exact) mass is 292 g/mol. The predicted molar refractivity (Wildman–Crippen MR) is 83.5 cm³/mol. The Labute approximate surface area is 125 Å². The number of carbonyl (C=O) groups excluding carboxylic acids is 1. The maximum absolute atomic E-state index is 12.0. The minimum atomic E-state index is -1.01. The molecule has 2 amide bonds. The molecule has 0 aliphatic rings. The molecule has 0 heterocycles. The number of aryl methyl sites for hydroxylation is 1. The number of rotatable bonds is 7. The Bertz CT molecular complexity index is 488. The fourth-order valence-corrected chi connectivity index (χ4v) is 2.11. The number of hydrogen-bond acceptors (Lipinski definition) is 2. The molecule has 0 aliphatic heterocycles. The molecule has 5 heteroatoms. The maximum atomic E-state index is 12.0. The van der Waals surface area contributed by atoms with Crippen LogP contribution in [0.5, 0.6) is 0 Å². The zero-order valence-electron chi connectivity index (χ0n) is 12.8. The van der Waals surface area contributed by atoms with E-state index in [1.165, 1.54) is 0 Å². The second-order valence-corrected chi connectivity index (χ2v) is 5.21. The topological polar surface area (TPSA) is 78.4 Å². The van der Waals surface area contributed by atoms with Crippen molar-refractivity contribution in [3.05, 3.63) is 29.8 Å². The highest BCUT2D eigenvalue weighted by atomic mass is 16.4. The first-order chi connectivity index (χ1) is 9.99. The van der Waals surface area contributed by atoms with Gasteiger partial charge in [-0.2, -0.15) is 0 Å². The van der Waals surface area contributed by atoms with Crippen molar-refractivity contribution >= 4 is 17.7 Å². The van der Waals surface area contributed by atoms with E-state index < -0.39 is 18.0 Å². The summed E-state index contributed by atoms with van der Waals surface area (Å²) in [5.74, 6) is -1.14. The van der Waals surface area contributed by atoms with Crippen LogP contribution in [0.4, 0.5) is 10.5 Å². The van der Waals surface area contributed by atoms with Gasteiger partial charge in [0.25, 0.3) is 0 Å². The van der Waals surface area contributed by atoms with Crippen LogP contribution in [0.2, 0.25) is 0 Å². The number of hydrogen-bond donors (Lipinski definition) is 3. The van der Waals surface area contributed by atoms with Crippen LogP contribution < -0.4 is 10.6 Å². The van der Waals surface area contributed by atoms with Crippen LogP contribution in [0.15, 0.2) is 24.3 Å². The van der Waals surface area contributed by atoms with Crippen LogP contribution in [-0.4, -0.2) is 23.1 Å². The van der Waals surface area contributed by atoms with E-state index in [9.17, 15) is 14.7 Å². The van der Waals surface area contributed by atoms with Crippen molar-refractivity contribution < 1.29 is 14.7 Å². The summed E-state index contributed by atoms with van der Waals surface area (Å²) in [6, 6.07) is 6.19. The van der Waals surface area contributed by atoms with E-state index in [1.807, 2.05) is 38.1 Å². The maximum Gasteiger partial charge on any atom is 0.326 e. The van der Waals surface area contributed by atoms with E-state index >= 15 is 0 Å². The second kappa shape index (κ2) is 8.29. The largest absolute Gasteiger partial charge is 0.480 e. The highest BCUT2D eigenvalue weighted by Gasteiger charge is 2.25. The molecule has 0 fully saturated rings. The van der Waals surface area contributed by atoms with E-state index in [4.69, 9.17) is 0 Å². The van der Waals surface area contributed by atoms with Crippen LogP contribution in [0.3, 0.4) is 0 Å². The molecule has 0 bridgehead atoms. The van der Waals surface area contributed by atoms with Crippen molar-refractivity contribution in [1.82, 2.24) is 5.32 Å². The molecule has 0 saturated carbocycles. The standard InChI is InChI=1S/C16H24N2O3/c1-4-8-12-9-6-7-10-13(12)17-16(21)18-14(15(19)20)11(3)5-2/h6-7,9-11,14H,4-5,8H2,1-3H3,(H,19,20)(H2,17,18,21)/t11?,14-/m0/s1. The third-order valence-corrected chi connectivity index (χ3v) is 3.55. The number of urea groups is 1. The second-order valence-electron chi connectivity index (χ2n) is 5.21. The van der Waals surface area contributed by atoms with Gasteiger partial charge in [-0.05, 0) is 24.0 Å². The molecule has 1 rings (SSSR count). The van der Waals surface area contributed by atoms with Crippen LogP contribution in [0, 0.1) is 5.92 Å². The number of aliphatic carboxylic acids is 1. The van der Waals surface area contributed by atoms with E-state index in [0.29, 0.717) is 6.42 Å². The molecule has 116 valence electrons. The lowest BCUT2D eigenvalue weighted by Crippen LogP contribution is -2.46. The molecule has 0 aliphatic carbocycles. The minimum Gasteiger partial charge on any atom is -0.480 e. The molecule has 1 unspecified atom stereocenters. The third kappa shape index (κ3) is 5.10. The fourth-order valence-electron chi connectivity index (χ4n) is 2.11. The normalized spacial score (nSPS) is 13.3. The minimum absolute atomic E-state index is 0.126. The summed E-state index contributed by atoms with van der Waals surface area (Å²) in [5.41, 5.74) is 1.77. The Morgan fingerprint density at radius 2 is 1.90 bits per heavy atom. The first-order valence-electron chi connectivity index (χ1n) is 7.37. The van der Waals surface area contributed by atoms with Gasteiger partial charge in [0, 0.05) is 5.69 Å². The Balaban J connectivity index is 2.74. The van der Waals surface area contributed by atoms with Crippen molar-refractivity contribution in [2.45, 2.75) is 46.1 Å². The van der Waals surface area contributed by atoms with Crippen LogP contribution >= 0.6 is 0 Å². The smallest absolute Gasteiger partial charge is 0.326 e. The molecule has 1 aromatic rings. The first kappa shape index (κ1) is 17.0. The Morgan fingerprint density at radius 3 is 2.48 bits per heavy atom. The first-order valence-corrected chi connectivity index (χ1v) is 7.37. The molecule has 3 N–H and O–H groups in total. The number of para-hydroxylation sites is 1. The zero-order chi connectivity index (χ0) is 15.8. The summed E-state index contributed by atoms with van der Waals surface area (Å²) in [4.78, 5) is 23.2. The van der Waals surface area contributed by atoms with Gasteiger partial charge < -0.3 is 15.7 Å². The van der Waals surface area contributed by atoms with Gasteiger partial charge in [-0.3, -0.25) is 0 Å². The number of nitrogens with one attached hydrogen (secondary N) is 2. The number of anilines is 1. The Morgan fingerprint density at radius 1 is 1.24 bits per heavy atom. The summed E-state index contributed by atoms with van der Waals surface area (Å²) in [5, 5.41) is 14.5. The van der Waals surface area contributed by atoms with E-state index in [2.05, 4.69) is 17.6 Å². The summed E-state index contributed by atoms with van der Waals surface area (Å²) >= 11 is 0. The molecular formula is C16H24N2O3. The number of carboxylic acid groups (broad SMARTS) is 1. The lowest BCUT2D eigenvalue weighted by molar-refractivity contribution is -0.140. The summed E-state index contributed by atoms with van der Waals surface area (Å²) in [7, 11) is 0. The highest BCUT2D eigenvalue weighted by molar-refractivity contribution is 5.93. The summed E-state index contributed by atoms with van der Waals surface area (Å²) in [6.07, 6.45) is 2.53. The number of carboxylic acids is 1. The van der Waals surface area contributed by atoms with Gasteiger partial charge in [0.2, 0.25) is 0 Å². The van der Waals surface area contributed by atoms with Gasteiger partial charge in [0.05, 0.1) is 0 Å². The van der Waals surface area contributed by atoms with Crippen molar-refractivity contribution in [2.75, 3.05) is 5.32 Å². The molecule has 1 aromatic carbocycles.